The van der Waals surface area contributed by atoms with E-state index in [0.717, 1.165) is 36.0 Å². The average molecular weight is 324 g/mol. The summed E-state index contributed by atoms with van der Waals surface area (Å²) in [5.74, 6) is 0.328. The first-order chi connectivity index (χ1) is 11.7. The van der Waals surface area contributed by atoms with E-state index >= 15 is 0 Å². The number of carbonyl (C=O) groups excluding carboxylic acids is 1. The molecule has 4 nitrogen and oxygen atoms in total. The molecule has 1 saturated carbocycles. The zero-order valence-corrected chi connectivity index (χ0v) is 13.8. The van der Waals surface area contributed by atoms with E-state index in [1.807, 2.05) is 6.07 Å². The lowest BCUT2D eigenvalue weighted by Gasteiger charge is -2.29. The normalized spacial score (nSPS) is 22.5. The van der Waals surface area contributed by atoms with Gasteiger partial charge in [-0.3, -0.25) is 0 Å². The fraction of sp³-hybridized carbons (Fsp3) is 0.450. The minimum absolute atomic E-state index is 0.0833. The number of rotatable bonds is 2. The molecule has 126 valence electrons. The van der Waals surface area contributed by atoms with Gasteiger partial charge in [0.25, 0.3) is 0 Å². The Morgan fingerprint density at radius 3 is 2.79 bits per heavy atom. The molecule has 0 aliphatic heterocycles. The summed E-state index contributed by atoms with van der Waals surface area (Å²) in [6.07, 6.45) is 13.7. The van der Waals surface area contributed by atoms with Crippen molar-refractivity contribution < 1.29 is 9.90 Å². The van der Waals surface area contributed by atoms with E-state index in [2.05, 4.69) is 28.9 Å². The molecule has 1 unspecified atom stereocenters. The Morgan fingerprint density at radius 1 is 1.12 bits per heavy atom. The number of amides is 2. The Bertz CT molecular complexity index is 715. The Kier molecular flexibility index (Phi) is 4.05. The molecule has 0 saturated heterocycles. The van der Waals surface area contributed by atoms with E-state index in [1.54, 1.807) is 6.07 Å². The second-order valence-corrected chi connectivity index (χ2v) is 7.09. The van der Waals surface area contributed by atoms with Crippen LogP contribution in [0.25, 0.3) is 5.57 Å². The first kappa shape index (κ1) is 15.3. The maximum absolute atomic E-state index is 12.3. The van der Waals surface area contributed by atoms with Gasteiger partial charge in [0.1, 0.15) is 5.75 Å². The number of nitrogens with one attached hydrogen (secondary N) is 2. The molecule has 4 rings (SSSR count). The van der Waals surface area contributed by atoms with Gasteiger partial charge in [0.15, 0.2) is 0 Å². The highest BCUT2D eigenvalue weighted by Crippen LogP contribution is 2.38. The van der Waals surface area contributed by atoms with Crippen molar-refractivity contribution in [3.05, 3.63) is 47.1 Å². The van der Waals surface area contributed by atoms with Crippen LogP contribution in [0.4, 0.5) is 4.79 Å². The van der Waals surface area contributed by atoms with Crippen LogP contribution in [0.2, 0.25) is 0 Å². The van der Waals surface area contributed by atoms with Crippen LogP contribution < -0.4 is 10.6 Å². The largest absolute Gasteiger partial charge is 0.508 e. The zero-order chi connectivity index (χ0) is 16.5. The van der Waals surface area contributed by atoms with E-state index in [9.17, 15) is 9.90 Å². The smallest absolute Gasteiger partial charge is 0.315 e. The van der Waals surface area contributed by atoms with Gasteiger partial charge in [-0.1, -0.05) is 43.6 Å². The topological polar surface area (TPSA) is 61.4 Å². The second-order valence-electron chi connectivity index (χ2n) is 7.09. The van der Waals surface area contributed by atoms with Crippen LogP contribution >= 0.6 is 0 Å². The third-order valence-electron chi connectivity index (χ3n) is 5.36. The van der Waals surface area contributed by atoms with Crippen molar-refractivity contribution in [1.29, 1.82) is 0 Å². The number of urea groups is 1. The molecule has 0 heterocycles. The molecule has 0 bridgehead atoms. The van der Waals surface area contributed by atoms with Gasteiger partial charge in [0.2, 0.25) is 0 Å². The summed E-state index contributed by atoms with van der Waals surface area (Å²) in [6, 6.07) is 3.89. The maximum atomic E-state index is 12.3. The summed E-state index contributed by atoms with van der Waals surface area (Å²) in [4.78, 5) is 12.3. The Hall–Kier alpha value is -2.23. The number of hydrogen-bond acceptors (Lipinski definition) is 2. The minimum atomic E-state index is -0.0948. The highest BCUT2D eigenvalue weighted by molar-refractivity contribution is 5.84. The second kappa shape index (κ2) is 6.34. The monoisotopic (exact) mass is 324 g/mol. The maximum Gasteiger partial charge on any atom is 0.315 e. The van der Waals surface area contributed by atoms with Crippen molar-refractivity contribution in [2.75, 3.05) is 0 Å². The molecule has 1 aromatic rings. The highest BCUT2D eigenvalue weighted by atomic mass is 16.3. The van der Waals surface area contributed by atoms with Crippen LogP contribution in [0, 0.1) is 0 Å². The lowest BCUT2D eigenvalue weighted by molar-refractivity contribution is 0.230. The number of benzene rings is 1. The van der Waals surface area contributed by atoms with E-state index in [1.165, 1.54) is 24.8 Å². The molecule has 3 aliphatic rings. The lowest BCUT2D eigenvalue weighted by atomic mass is 9.81. The number of carbonyl (C=O) groups is 1. The molecule has 24 heavy (non-hydrogen) atoms. The Labute approximate surface area is 142 Å². The van der Waals surface area contributed by atoms with Gasteiger partial charge in [-0.25, -0.2) is 4.79 Å². The summed E-state index contributed by atoms with van der Waals surface area (Å²) in [5.41, 5.74) is 4.47. The van der Waals surface area contributed by atoms with Crippen molar-refractivity contribution >= 4 is 11.6 Å². The average Bonchev–Trinajstić information content (AvgIpc) is 2.59. The summed E-state index contributed by atoms with van der Waals surface area (Å²) < 4.78 is 0. The van der Waals surface area contributed by atoms with Gasteiger partial charge in [-0.15, -0.1) is 0 Å². The lowest BCUT2D eigenvalue weighted by Crippen LogP contribution is -2.47. The van der Waals surface area contributed by atoms with Crippen LogP contribution in [-0.4, -0.2) is 23.2 Å². The molecule has 0 spiro atoms. The molecule has 3 N–H and O–H groups in total. The van der Waals surface area contributed by atoms with Crippen molar-refractivity contribution in [1.82, 2.24) is 10.6 Å². The van der Waals surface area contributed by atoms with Gasteiger partial charge in [0, 0.05) is 18.0 Å². The fourth-order valence-corrected chi connectivity index (χ4v) is 4.19. The van der Waals surface area contributed by atoms with Gasteiger partial charge in [0.05, 0.1) is 6.04 Å². The first-order valence-corrected chi connectivity index (χ1v) is 9.00. The van der Waals surface area contributed by atoms with Crippen LogP contribution in [0.15, 0.2) is 30.4 Å². The molecular formula is C20H24N2O2. The third-order valence-corrected chi connectivity index (χ3v) is 5.36. The predicted octanol–water partition coefficient (Wildman–Crippen LogP) is 3.44. The molecular weight excluding hydrogens is 300 g/mol. The summed E-state index contributed by atoms with van der Waals surface area (Å²) in [5, 5.41) is 16.4. The van der Waals surface area contributed by atoms with E-state index < -0.39 is 0 Å². The predicted molar refractivity (Wildman–Crippen MR) is 95.0 cm³/mol. The molecule has 1 fully saturated rings. The number of phenolic OH excluding ortho intramolecular Hbond substituents is 1. The standard InChI is InChI=1S/C20H24N2O2/c23-18-10-9-13-5-4-6-14-11-16(12-17(18)19(13)14)22-20(24)21-15-7-2-1-3-8-15/h4,6,9-11,15-16,23H,1-3,5,7-8,12H2,(H2,21,22,24). The van der Waals surface area contributed by atoms with E-state index in [0.29, 0.717) is 18.2 Å². The SMILES string of the molecule is O=C(NC1C=C2C=CCc3ccc(O)c(c32)C1)NC1CCCCC1. The molecule has 2 amide bonds. The van der Waals surface area contributed by atoms with Crippen LogP contribution in [0.1, 0.15) is 48.8 Å². The number of phenols is 1. The molecule has 3 aliphatic carbocycles. The minimum Gasteiger partial charge on any atom is -0.508 e. The molecule has 1 aromatic carbocycles. The number of allylic oxidation sites excluding steroid dienone is 3. The number of aromatic hydroxyl groups is 1. The van der Waals surface area contributed by atoms with Crippen LogP contribution in [0.5, 0.6) is 5.75 Å². The quantitative estimate of drug-likeness (QED) is 0.780. The van der Waals surface area contributed by atoms with Crippen molar-refractivity contribution in [3.8, 4) is 5.75 Å². The molecule has 0 radical (unpaired) electrons. The zero-order valence-electron chi connectivity index (χ0n) is 13.8. The Balaban J connectivity index is 1.49. The van der Waals surface area contributed by atoms with Crippen molar-refractivity contribution in [2.24, 2.45) is 0 Å². The first-order valence-electron chi connectivity index (χ1n) is 9.00. The highest BCUT2D eigenvalue weighted by Gasteiger charge is 2.26. The summed E-state index contributed by atoms with van der Waals surface area (Å²) in [6.45, 7) is 0. The number of hydrogen-bond donors (Lipinski definition) is 3. The van der Waals surface area contributed by atoms with Crippen molar-refractivity contribution in [3.63, 3.8) is 0 Å². The van der Waals surface area contributed by atoms with E-state index in [4.69, 9.17) is 0 Å². The van der Waals surface area contributed by atoms with E-state index in [-0.39, 0.29) is 12.1 Å². The summed E-state index contributed by atoms with van der Waals surface area (Å²) in [7, 11) is 0. The van der Waals surface area contributed by atoms with Gasteiger partial charge in [-0.2, -0.15) is 0 Å². The molecule has 0 aromatic heterocycles. The van der Waals surface area contributed by atoms with Crippen LogP contribution in [0.3, 0.4) is 0 Å². The summed E-state index contributed by atoms with van der Waals surface area (Å²) >= 11 is 0. The van der Waals surface area contributed by atoms with Gasteiger partial charge >= 0.3 is 6.03 Å². The Morgan fingerprint density at radius 2 is 1.96 bits per heavy atom. The van der Waals surface area contributed by atoms with Gasteiger partial charge in [-0.05, 0) is 42.0 Å². The fourth-order valence-electron chi connectivity index (χ4n) is 4.19. The molecule has 1 atom stereocenters. The third kappa shape index (κ3) is 2.93. The van der Waals surface area contributed by atoms with Crippen LogP contribution in [-0.2, 0) is 12.8 Å². The van der Waals surface area contributed by atoms with Crippen molar-refractivity contribution in [2.45, 2.75) is 57.0 Å². The molecule has 4 heteroatoms. The van der Waals surface area contributed by atoms with Gasteiger partial charge < -0.3 is 15.7 Å².